The maximum absolute atomic E-state index is 13.5. The van der Waals surface area contributed by atoms with Crippen molar-refractivity contribution in [2.45, 2.75) is 31.7 Å². The normalized spacial score (nSPS) is 21.6. The molecule has 1 aliphatic carbocycles. The first-order chi connectivity index (χ1) is 13.1. The van der Waals surface area contributed by atoms with E-state index in [0.29, 0.717) is 13.1 Å². The molecule has 0 bridgehead atoms. The van der Waals surface area contributed by atoms with Gasteiger partial charge in [0.2, 0.25) is 11.8 Å². The van der Waals surface area contributed by atoms with Crippen molar-refractivity contribution in [3.05, 3.63) is 64.7 Å². The molecule has 2 aliphatic rings. The van der Waals surface area contributed by atoms with Gasteiger partial charge in [0.1, 0.15) is 11.8 Å². The third-order valence-electron chi connectivity index (χ3n) is 5.71. The van der Waals surface area contributed by atoms with Crippen molar-refractivity contribution >= 4 is 11.8 Å². The van der Waals surface area contributed by atoms with Gasteiger partial charge in [0.25, 0.3) is 0 Å². The Morgan fingerprint density at radius 2 is 2.00 bits per heavy atom. The summed E-state index contributed by atoms with van der Waals surface area (Å²) < 4.78 is 5.35. The summed E-state index contributed by atoms with van der Waals surface area (Å²) >= 11 is 0. The summed E-state index contributed by atoms with van der Waals surface area (Å²) in [5.41, 5.74) is 4.15. The van der Waals surface area contributed by atoms with Crippen LogP contribution in [0, 0.1) is 6.92 Å². The molecule has 0 radical (unpaired) electrons. The van der Waals surface area contributed by atoms with E-state index in [2.05, 4.69) is 5.32 Å². The number of rotatable bonds is 3. The second-order valence-corrected chi connectivity index (χ2v) is 7.24. The van der Waals surface area contributed by atoms with Crippen LogP contribution in [0.15, 0.2) is 42.5 Å². The number of carbonyl (C=O) groups excluding carboxylic acids is 2. The first-order valence-corrected chi connectivity index (χ1v) is 9.40. The Kier molecular flexibility index (Phi) is 4.60. The van der Waals surface area contributed by atoms with Gasteiger partial charge in [-0.25, -0.2) is 0 Å². The SMILES string of the molecule is COc1ccc2c(c1)C(C(=O)N1CCNC(=O)C1c1ccccc1C)CC2. The Labute approximate surface area is 159 Å². The maximum Gasteiger partial charge on any atom is 0.247 e. The Morgan fingerprint density at radius 1 is 1.19 bits per heavy atom. The Morgan fingerprint density at radius 3 is 2.78 bits per heavy atom. The number of methoxy groups -OCH3 is 1. The van der Waals surface area contributed by atoms with Crippen LogP contribution in [0.3, 0.4) is 0 Å². The number of hydrogen-bond donors (Lipinski definition) is 1. The van der Waals surface area contributed by atoms with Gasteiger partial charge in [0, 0.05) is 13.1 Å². The number of fused-ring (bicyclic) bond motifs is 1. The summed E-state index contributed by atoms with van der Waals surface area (Å²) in [7, 11) is 1.64. The number of amides is 2. The molecule has 0 aromatic heterocycles. The lowest BCUT2D eigenvalue weighted by Crippen LogP contribution is -2.53. The van der Waals surface area contributed by atoms with E-state index in [0.717, 1.165) is 35.3 Å². The molecule has 27 heavy (non-hydrogen) atoms. The number of benzene rings is 2. The van der Waals surface area contributed by atoms with Crippen LogP contribution in [0.4, 0.5) is 0 Å². The zero-order valence-corrected chi connectivity index (χ0v) is 15.7. The molecule has 2 aromatic carbocycles. The molecule has 5 nitrogen and oxygen atoms in total. The zero-order chi connectivity index (χ0) is 19.0. The molecule has 1 N–H and O–H groups in total. The van der Waals surface area contributed by atoms with Gasteiger partial charge in [0.05, 0.1) is 13.0 Å². The Bertz CT molecular complexity index is 893. The molecule has 0 spiro atoms. The van der Waals surface area contributed by atoms with Crippen LogP contribution in [-0.2, 0) is 16.0 Å². The third kappa shape index (κ3) is 3.07. The summed E-state index contributed by atoms with van der Waals surface area (Å²) in [5, 5.41) is 2.92. The minimum absolute atomic E-state index is 0.0325. The first-order valence-electron chi connectivity index (χ1n) is 9.40. The fraction of sp³-hybridized carbons (Fsp3) is 0.364. The summed E-state index contributed by atoms with van der Waals surface area (Å²) in [4.78, 5) is 28.0. The van der Waals surface area contributed by atoms with Crippen molar-refractivity contribution in [1.29, 1.82) is 0 Å². The van der Waals surface area contributed by atoms with Crippen LogP contribution in [0.2, 0.25) is 0 Å². The van der Waals surface area contributed by atoms with E-state index in [1.807, 2.05) is 49.4 Å². The van der Waals surface area contributed by atoms with Gasteiger partial charge >= 0.3 is 0 Å². The topological polar surface area (TPSA) is 58.6 Å². The molecule has 5 heteroatoms. The molecule has 140 valence electrons. The highest BCUT2D eigenvalue weighted by Crippen LogP contribution is 2.39. The Balaban J connectivity index is 1.69. The lowest BCUT2D eigenvalue weighted by molar-refractivity contribution is -0.144. The van der Waals surface area contributed by atoms with Gasteiger partial charge < -0.3 is 15.0 Å². The van der Waals surface area contributed by atoms with Gasteiger partial charge in [0.15, 0.2) is 0 Å². The average Bonchev–Trinajstić information content (AvgIpc) is 3.11. The smallest absolute Gasteiger partial charge is 0.247 e. The van der Waals surface area contributed by atoms with E-state index >= 15 is 0 Å². The van der Waals surface area contributed by atoms with Crippen molar-refractivity contribution in [3.8, 4) is 5.75 Å². The van der Waals surface area contributed by atoms with Crippen molar-refractivity contribution in [2.24, 2.45) is 0 Å². The fourth-order valence-corrected chi connectivity index (χ4v) is 4.27. The van der Waals surface area contributed by atoms with Crippen LogP contribution >= 0.6 is 0 Å². The van der Waals surface area contributed by atoms with Gasteiger partial charge in [-0.3, -0.25) is 9.59 Å². The van der Waals surface area contributed by atoms with Crippen LogP contribution in [0.5, 0.6) is 5.75 Å². The Hall–Kier alpha value is -2.82. The van der Waals surface area contributed by atoms with Gasteiger partial charge in [-0.05, 0) is 54.2 Å². The predicted octanol–water partition coefficient (Wildman–Crippen LogP) is 2.73. The third-order valence-corrected chi connectivity index (χ3v) is 5.71. The van der Waals surface area contributed by atoms with E-state index < -0.39 is 6.04 Å². The van der Waals surface area contributed by atoms with E-state index in [1.165, 1.54) is 5.56 Å². The molecule has 4 rings (SSSR count). The van der Waals surface area contributed by atoms with Gasteiger partial charge in [-0.2, -0.15) is 0 Å². The van der Waals surface area contributed by atoms with Gasteiger partial charge in [-0.1, -0.05) is 30.3 Å². The first kappa shape index (κ1) is 17.6. The molecule has 2 amide bonds. The molecule has 2 atom stereocenters. The maximum atomic E-state index is 13.5. The molecule has 1 saturated heterocycles. The molecule has 1 heterocycles. The van der Waals surface area contributed by atoms with Crippen molar-refractivity contribution < 1.29 is 14.3 Å². The van der Waals surface area contributed by atoms with E-state index in [1.54, 1.807) is 12.0 Å². The predicted molar refractivity (Wildman–Crippen MR) is 103 cm³/mol. The fourth-order valence-electron chi connectivity index (χ4n) is 4.27. The summed E-state index contributed by atoms with van der Waals surface area (Å²) in [6.07, 6.45) is 1.66. The van der Waals surface area contributed by atoms with Crippen LogP contribution in [-0.4, -0.2) is 36.9 Å². The number of nitrogens with zero attached hydrogens (tertiary/aromatic N) is 1. The summed E-state index contributed by atoms with van der Waals surface area (Å²) in [6, 6.07) is 13.2. The molecule has 0 saturated carbocycles. The van der Waals surface area contributed by atoms with Crippen LogP contribution in [0.1, 0.15) is 40.6 Å². The highest BCUT2D eigenvalue weighted by Gasteiger charge is 2.40. The summed E-state index contributed by atoms with van der Waals surface area (Å²) in [6.45, 7) is 3.00. The number of hydrogen-bond acceptors (Lipinski definition) is 3. The number of aryl methyl sites for hydroxylation is 2. The van der Waals surface area contributed by atoms with Crippen LogP contribution in [0.25, 0.3) is 0 Å². The lowest BCUT2D eigenvalue weighted by atomic mass is 9.94. The van der Waals surface area contributed by atoms with Crippen LogP contribution < -0.4 is 10.1 Å². The van der Waals surface area contributed by atoms with E-state index in [-0.39, 0.29) is 17.7 Å². The van der Waals surface area contributed by atoms with E-state index in [4.69, 9.17) is 4.74 Å². The van der Waals surface area contributed by atoms with Gasteiger partial charge in [-0.15, -0.1) is 0 Å². The average molecular weight is 364 g/mol. The van der Waals surface area contributed by atoms with Crippen molar-refractivity contribution in [1.82, 2.24) is 10.2 Å². The molecule has 2 aromatic rings. The number of ether oxygens (including phenoxy) is 1. The standard InChI is InChI=1S/C22H24N2O3/c1-14-5-3-4-6-17(14)20-21(25)23-11-12-24(20)22(26)18-10-8-15-7-9-16(27-2)13-19(15)18/h3-7,9,13,18,20H,8,10-12H2,1-2H3,(H,23,25). The van der Waals surface area contributed by atoms with Crippen molar-refractivity contribution in [2.75, 3.05) is 20.2 Å². The van der Waals surface area contributed by atoms with Crippen molar-refractivity contribution in [3.63, 3.8) is 0 Å². The highest BCUT2D eigenvalue weighted by atomic mass is 16.5. The molecular weight excluding hydrogens is 340 g/mol. The molecule has 1 aliphatic heterocycles. The molecular formula is C22H24N2O3. The minimum atomic E-state index is -0.567. The second kappa shape index (κ2) is 7.06. The lowest BCUT2D eigenvalue weighted by Gasteiger charge is -2.37. The summed E-state index contributed by atoms with van der Waals surface area (Å²) in [5.74, 6) is 0.477. The minimum Gasteiger partial charge on any atom is -0.497 e. The highest BCUT2D eigenvalue weighted by molar-refractivity contribution is 5.93. The second-order valence-electron chi connectivity index (χ2n) is 7.24. The number of piperazine rings is 1. The molecule has 2 unspecified atom stereocenters. The molecule has 1 fully saturated rings. The van der Waals surface area contributed by atoms with E-state index in [9.17, 15) is 9.59 Å². The quantitative estimate of drug-likeness (QED) is 0.911. The monoisotopic (exact) mass is 364 g/mol. The zero-order valence-electron chi connectivity index (χ0n) is 15.7. The number of carbonyl (C=O) groups is 2. The number of nitrogens with one attached hydrogen (secondary N) is 1. The largest absolute Gasteiger partial charge is 0.497 e.